The van der Waals surface area contributed by atoms with Gasteiger partial charge in [0.1, 0.15) is 5.00 Å². The zero-order chi connectivity index (χ0) is 18.5. The van der Waals surface area contributed by atoms with Crippen LogP contribution in [0.1, 0.15) is 40.2 Å². The number of hydrogen-bond donors (Lipinski definition) is 2. The van der Waals surface area contributed by atoms with Gasteiger partial charge in [-0.2, -0.15) is 11.8 Å². The van der Waals surface area contributed by atoms with Gasteiger partial charge in [-0.3, -0.25) is 0 Å². The van der Waals surface area contributed by atoms with E-state index in [0.717, 1.165) is 40.6 Å². The summed E-state index contributed by atoms with van der Waals surface area (Å²) < 4.78 is 5.28. The minimum Gasteiger partial charge on any atom is -0.462 e. The molecule has 2 heterocycles. The molecule has 0 saturated heterocycles. The number of aryl methyl sites for hydroxylation is 1. The summed E-state index contributed by atoms with van der Waals surface area (Å²) >= 11 is 8.95. The predicted octanol–water partition coefficient (Wildman–Crippen LogP) is 5.09. The molecule has 0 unspecified atom stereocenters. The number of esters is 1. The molecule has 1 aliphatic heterocycles. The molecule has 2 N–H and O–H groups in total. The van der Waals surface area contributed by atoms with Gasteiger partial charge < -0.3 is 15.4 Å². The Balaban J connectivity index is 1.78. The van der Waals surface area contributed by atoms with Gasteiger partial charge in [-0.1, -0.05) is 19.1 Å². The summed E-state index contributed by atoms with van der Waals surface area (Å²) in [4.78, 5) is 13.7. The second kappa shape index (κ2) is 8.88. The van der Waals surface area contributed by atoms with Crippen molar-refractivity contribution in [1.82, 2.24) is 0 Å². The van der Waals surface area contributed by atoms with E-state index in [4.69, 9.17) is 17.0 Å². The number of fused-ring (bicyclic) bond motifs is 1. The molecule has 7 heteroatoms. The van der Waals surface area contributed by atoms with Gasteiger partial charge in [0, 0.05) is 16.3 Å². The summed E-state index contributed by atoms with van der Waals surface area (Å²) in [6.07, 6.45) is 1.90. The van der Waals surface area contributed by atoms with Gasteiger partial charge >= 0.3 is 5.97 Å². The van der Waals surface area contributed by atoms with E-state index in [9.17, 15) is 4.79 Å². The Hall–Kier alpha value is -1.57. The van der Waals surface area contributed by atoms with Gasteiger partial charge in [-0.05, 0) is 61.0 Å². The summed E-state index contributed by atoms with van der Waals surface area (Å²) in [5, 5.41) is 7.66. The fourth-order valence-electron chi connectivity index (χ4n) is 2.83. The number of thiophene rings is 1. The normalized spacial score (nSPS) is 13.0. The zero-order valence-corrected chi connectivity index (χ0v) is 17.3. The molecule has 1 aliphatic rings. The van der Waals surface area contributed by atoms with E-state index in [1.165, 1.54) is 10.4 Å². The van der Waals surface area contributed by atoms with E-state index in [-0.39, 0.29) is 5.97 Å². The van der Waals surface area contributed by atoms with E-state index in [0.29, 0.717) is 17.3 Å². The Kier molecular flexibility index (Phi) is 6.56. The van der Waals surface area contributed by atoms with Crippen LogP contribution in [0.25, 0.3) is 0 Å². The Labute approximate surface area is 167 Å². The van der Waals surface area contributed by atoms with Crippen molar-refractivity contribution < 1.29 is 9.53 Å². The van der Waals surface area contributed by atoms with E-state index in [2.05, 4.69) is 29.7 Å². The fourth-order valence-corrected chi connectivity index (χ4v) is 5.49. The van der Waals surface area contributed by atoms with Crippen molar-refractivity contribution in [2.24, 2.45) is 0 Å². The molecule has 3 rings (SSSR count). The van der Waals surface area contributed by atoms with Crippen molar-refractivity contribution in [2.75, 3.05) is 23.0 Å². The lowest BCUT2D eigenvalue weighted by Crippen LogP contribution is -2.20. The van der Waals surface area contributed by atoms with Crippen LogP contribution >= 0.6 is 35.3 Å². The quantitative estimate of drug-likeness (QED) is 0.533. The molecule has 138 valence electrons. The highest BCUT2D eigenvalue weighted by Gasteiger charge is 2.27. The largest absolute Gasteiger partial charge is 0.462 e. The summed E-state index contributed by atoms with van der Waals surface area (Å²) in [5.41, 5.74) is 3.97. The zero-order valence-electron chi connectivity index (χ0n) is 14.9. The minimum absolute atomic E-state index is 0.269. The number of carbonyl (C=O) groups excluding carboxylic acids is 1. The highest BCUT2D eigenvalue weighted by atomic mass is 32.2. The first-order chi connectivity index (χ1) is 12.6. The van der Waals surface area contributed by atoms with Crippen molar-refractivity contribution in [3.8, 4) is 0 Å². The number of ether oxygens (including phenoxy) is 1. The highest BCUT2D eigenvalue weighted by Crippen LogP contribution is 2.39. The van der Waals surface area contributed by atoms with Crippen LogP contribution in [0.2, 0.25) is 0 Å². The summed E-state index contributed by atoms with van der Waals surface area (Å²) in [6, 6.07) is 8.18. The van der Waals surface area contributed by atoms with Crippen molar-refractivity contribution in [2.45, 2.75) is 32.4 Å². The standard InChI is InChI=1S/C19H22N2O2S3/c1-3-12-5-7-13(8-6-12)20-19(24)21-17-16(18(22)23-4-2)14-9-10-25-11-15(14)26-17/h5-8H,3-4,9-11H2,1-2H3,(H2,20,21,24). The van der Waals surface area contributed by atoms with Gasteiger partial charge in [0.25, 0.3) is 0 Å². The molecular formula is C19H22N2O2S3. The van der Waals surface area contributed by atoms with Crippen LogP contribution in [0.5, 0.6) is 0 Å². The first-order valence-corrected chi connectivity index (χ1v) is 11.1. The van der Waals surface area contributed by atoms with Crippen LogP contribution < -0.4 is 10.6 Å². The number of thiocarbonyl (C=S) groups is 1. The third-order valence-corrected chi connectivity index (χ3v) is 6.67. The van der Waals surface area contributed by atoms with E-state index >= 15 is 0 Å². The fraction of sp³-hybridized carbons (Fsp3) is 0.368. The molecular weight excluding hydrogens is 384 g/mol. The number of thioether (sulfide) groups is 1. The molecule has 4 nitrogen and oxygen atoms in total. The van der Waals surface area contributed by atoms with Crippen molar-refractivity contribution >= 4 is 57.1 Å². The molecule has 0 radical (unpaired) electrons. The molecule has 2 aromatic rings. The average molecular weight is 407 g/mol. The van der Waals surface area contributed by atoms with Crippen molar-refractivity contribution in [3.05, 3.63) is 45.8 Å². The highest BCUT2D eigenvalue weighted by molar-refractivity contribution is 7.98. The molecule has 1 aromatic carbocycles. The van der Waals surface area contributed by atoms with E-state index in [1.54, 1.807) is 11.3 Å². The lowest BCUT2D eigenvalue weighted by atomic mass is 10.1. The van der Waals surface area contributed by atoms with Crippen LogP contribution in [0.3, 0.4) is 0 Å². The van der Waals surface area contributed by atoms with Gasteiger partial charge in [0.05, 0.1) is 12.2 Å². The first kappa shape index (κ1) is 19.2. The van der Waals surface area contributed by atoms with Gasteiger partial charge in [0.2, 0.25) is 0 Å². The Bertz CT molecular complexity index is 800. The Morgan fingerprint density at radius 3 is 2.69 bits per heavy atom. The number of benzene rings is 1. The van der Waals surface area contributed by atoms with Crippen molar-refractivity contribution in [1.29, 1.82) is 0 Å². The lowest BCUT2D eigenvalue weighted by Gasteiger charge is -2.13. The SMILES string of the molecule is CCOC(=O)c1c(NC(=S)Nc2ccc(CC)cc2)sc2c1CCSC2. The van der Waals surface area contributed by atoms with Gasteiger partial charge in [0.15, 0.2) is 5.11 Å². The molecule has 0 spiro atoms. The van der Waals surface area contributed by atoms with Crippen LogP contribution in [-0.2, 0) is 23.3 Å². The Morgan fingerprint density at radius 1 is 1.23 bits per heavy atom. The minimum atomic E-state index is -0.269. The molecule has 26 heavy (non-hydrogen) atoms. The number of carbonyl (C=O) groups is 1. The second-order valence-corrected chi connectivity index (χ2v) is 8.48. The molecule has 0 bridgehead atoms. The van der Waals surface area contributed by atoms with Gasteiger partial charge in [-0.15, -0.1) is 11.3 Å². The molecule has 0 fully saturated rings. The molecule has 0 atom stereocenters. The van der Waals surface area contributed by atoms with Crippen LogP contribution in [-0.4, -0.2) is 23.4 Å². The number of hydrogen-bond acceptors (Lipinski definition) is 5. The molecule has 0 amide bonds. The summed E-state index contributed by atoms with van der Waals surface area (Å²) in [7, 11) is 0. The maximum atomic E-state index is 12.5. The monoisotopic (exact) mass is 406 g/mol. The predicted molar refractivity (Wildman–Crippen MR) is 116 cm³/mol. The average Bonchev–Trinajstić information content (AvgIpc) is 3.00. The third kappa shape index (κ3) is 4.39. The smallest absolute Gasteiger partial charge is 0.341 e. The second-order valence-electron chi connectivity index (χ2n) is 5.86. The maximum Gasteiger partial charge on any atom is 0.341 e. The third-order valence-electron chi connectivity index (χ3n) is 4.15. The molecule has 0 saturated carbocycles. The first-order valence-electron chi connectivity index (χ1n) is 8.68. The number of nitrogens with one attached hydrogen (secondary N) is 2. The summed E-state index contributed by atoms with van der Waals surface area (Å²) in [5.74, 6) is 1.70. The van der Waals surface area contributed by atoms with Crippen LogP contribution in [0, 0.1) is 0 Å². The van der Waals surface area contributed by atoms with E-state index in [1.807, 2.05) is 30.8 Å². The number of anilines is 2. The van der Waals surface area contributed by atoms with Gasteiger partial charge in [-0.25, -0.2) is 4.79 Å². The van der Waals surface area contributed by atoms with Crippen LogP contribution in [0.4, 0.5) is 10.7 Å². The topological polar surface area (TPSA) is 50.4 Å². The number of rotatable bonds is 5. The maximum absolute atomic E-state index is 12.5. The summed E-state index contributed by atoms with van der Waals surface area (Å²) in [6.45, 7) is 4.32. The lowest BCUT2D eigenvalue weighted by molar-refractivity contribution is 0.0527. The van der Waals surface area contributed by atoms with E-state index < -0.39 is 0 Å². The molecule has 0 aliphatic carbocycles. The van der Waals surface area contributed by atoms with Crippen LogP contribution in [0.15, 0.2) is 24.3 Å². The Morgan fingerprint density at radius 2 is 2.00 bits per heavy atom. The van der Waals surface area contributed by atoms with Crippen molar-refractivity contribution in [3.63, 3.8) is 0 Å². The molecule has 1 aromatic heterocycles.